The summed E-state index contributed by atoms with van der Waals surface area (Å²) in [5.41, 5.74) is 0.938. The normalized spacial score (nSPS) is 11.9. The third-order valence-electron chi connectivity index (χ3n) is 2.33. The zero-order valence-corrected chi connectivity index (χ0v) is 12.1. The predicted octanol–water partition coefficient (Wildman–Crippen LogP) is 1.60. The number of carbonyl (C=O) groups excluding carboxylic acids is 1. The fraction of sp³-hybridized carbons (Fsp3) is 0.250. The van der Waals surface area contributed by atoms with E-state index in [1.807, 2.05) is 0 Å². The number of aromatic nitrogens is 1. The minimum absolute atomic E-state index is 0.0965. The van der Waals surface area contributed by atoms with Gasteiger partial charge in [-0.15, -0.1) is 22.7 Å². The molecular weight excluding hydrogens is 296 g/mol. The fourth-order valence-corrected chi connectivity index (χ4v) is 1.39. The van der Waals surface area contributed by atoms with Crippen molar-refractivity contribution in [1.82, 2.24) is 10.3 Å². The van der Waals surface area contributed by atoms with E-state index in [1.165, 1.54) is 12.5 Å². The number of nitrogens with one attached hydrogen (secondary N) is 1. The number of hydrogen-bond acceptors (Lipinski definition) is 7. The summed E-state index contributed by atoms with van der Waals surface area (Å²) in [5.74, 6) is -0.336. The number of aliphatic imine (C=N–C) groups is 1. The lowest BCUT2D eigenvalue weighted by atomic mass is 10.3. The van der Waals surface area contributed by atoms with Crippen molar-refractivity contribution >= 4 is 24.9 Å². The molecule has 1 amide bonds. The summed E-state index contributed by atoms with van der Waals surface area (Å²) in [6.45, 7) is 1.57. The molecule has 8 nitrogen and oxygen atoms in total. The van der Waals surface area contributed by atoms with Crippen LogP contribution >= 0.6 is 12.6 Å². The predicted molar refractivity (Wildman–Crippen MR) is 79.4 cm³/mol. The van der Waals surface area contributed by atoms with Crippen molar-refractivity contribution in [1.29, 1.82) is 0 Å². The van der Waals surface area contributed by atoms with E-state index in [-0.39, 0.29) is 18.9 Å². The average molecular weight is 310 g/mol. The van der Waals surface area contributed by atoms with Gasteiger partial charge in [0.2, 0.25) is 0 Å². The van der Waals surface area contributed by atoms with E-state index in [0.717, 1.165) is 0 Å². The number of rotatable bonds is 7. The Kier molecular flexibility index (Phi) is 6.88. The lowest BCUT2D eigenvalue weighted by Crippen LogP contribution is -2.21. The smallest absolute Gasteiger partial charge is 0.294 e. The molecule has 1 aromatic rings. The molecule has 0 aromatic carbocycles. The Hall–Kier alpha value is -2.42. The first-order valence-electron chi connectivity index (χ1n) is 5.90. The molecule has 0 unspecified atom stereocenters. The fourth-order valence-electron chi connectivity index (χ4n) is 1.24. The van der Waals surface area contributed by atoms with Crippen molar-refractivity contribution in [3.8, 4) is 0 Å². The van der Waals surface area contributed by atoms with E-state index < -0.39 is 5.09 Å². The highest BCUT2D eigenvalue weighted by Gasteiger charge is 2.03. The largest absolute Gasteiger partial charge is 0.314 e. The maximum absolute atomic E-state index is 11.7. The molecule has 0 aliphatic carbocycles. The number of allylic oxidation sites excluding steroid dienone is 1. The summed E-state index contributed by atoms with van der Waals surface area (Å²) in [6.07, 6.45) is 4.49. The molecule has 0 radical (unpaired) electrons. The van der Waals surface area contributed by atoms with Crippen LogP contribution in [0.5, 0.6) is 0 Å². The van der Waals surface area contributed by atoms with Crippen molar-refractivity contribution in [3.05, 3.63) is 50.8 Å². The number of amides is 1. The van der Waals surface area contributed by atoms with Gasteiger partial charge in [-0.3, -0.25) is 9.78 Å². The maximum atomic E-state index is 11.7. The van der Waals surface area contributed by atoms with E-state index in [2.05, 4.69) is 32.8 Å². The van der Waals surface area contributed by atoms with Crippen LogP contribution in [-0.2, 0) is 4.84 Å². The van der Waals surface area contributed by atoms with Gasteiger partial charge >= 0.3 is 0 Å². The van der Waals surface area contributed by atoms with Crippen molar-refractivity contribution in [2.24, 2.45) is 4.99 Å². The van der Waals surface area contributed by atoms with Gasteiger partial charge in [0.15, 0.2) is 0 Å². The average Bonchev–Trinajstić information content (AvgIpc) is 2.47. The van der Waals surface area contributed by atoms with Crippen LogP contribution in [-0.4, -0.2) is 28.9 Å². The summed E-state index contributed by atoms with van der Waals surface area (Å²) >= 11 is 4.16. The minimum Gasteiger partial charge on any atom is -0.314 e. The molecule has 0 aliphatic rings. The Morgan fingerprint density at radius 1 is 1.67 bits per heavy atom. The number of carbonyl (C=O) groups is 1. The minimum atomic E-state index is -0.867. The first-order chi connectivity index (χ1) is 10.0. The number of nitrogens with zero attached hydrogens (tertiary/aromatic N) is 3. The zero-order valence-electron chi connectivity index (χ0n) is 11.2. The van der Waals surface area contributed by atoms with E-state index >= 15 is 0 Å². The Balaban J connectivity index is 2.47. The molecule has 0 fully saturated rings. The third-order valence-corrected chi connectivity index (χ3v) is 2.88. The monoisotopic (exact) mass is 310 g/mol. The lowest BCUT2D eigenvalue weighted by molar-refractivity contribution is -0.757. The van der Waals surface area contributed by atoms with Gasteiger partial charge in [-0.1, -0.05) is 0 Å². The highest BCUT2D eigenvalue weighted by Crippen LogP contribution is 2.13. The van der Waals surface area contributed by atoms with Crippen LogP contribution in [0.2, 0.25) is 0 Å². The van der Waals surface area contributed by atoms with Crippen LogP contribution < -0.4 is 5.32 Å². The first-order valence-corrected chi connectivity index (χ1v) is 6.35. The van der Waals surface area contributed by atoms with E-state index in [9.17, 15) is 14.9 Å². The Bertz CT molecular complexity index is 560. The Labute approximate surface area is 126 Å². The standard InChI is InChI=1S/C12H14N4O4S/c1-9(11(21)4-6-20-16(18)19)14-8-15-12(17)10-3-2-5-13-7-10/h2-3,5,7-8,21H,4,6H2,1H3,(H,14,15,17)/b11-9-. The van der Waals surface area contributed by atoms with Crippen LogP contribution in [0, 0.1) is 10.1 Å². The highest BCUT2D eigenvalue weighted by atomic mass is 32.1. The Morgan fingerprint density at radius 3 is 3.05 bits per heavy atom. The molecule has 21 heavy (non-hydrogen) atoms. The van der Waals surface area contributed by atoms with Crippen LogP contribution in [0.25, 0.3) is 0 Å². The SMILES string of the molecule is C/C(N=CNC(=O)c1cccnc1)=C(/S)CCO[N+](=O)[O-]. The summed E-state index contributed by atoms with van der Waals surface area (Å²) in [5, 5.41) is 11.6. The van der Waals surface area contributed by atoms with Crippen LogP contribution in [0.1, 0.15) is 23.7 Å². The number of thiol groups is 1. The quantitative estimate of drug-likeness (QED) is 0.261. The molecule has 112 valence electrons. The van der Waals surface area contributed by atoms with Crippen molar-refractivity contribution in [3.63, 3.8) is 0 Å². The topological polar surface area (TPSA) is 107 Å². The van der Waals surface area contributed by atoms with Gasteiger partial charge in [0.25, 0.3) is 11.0 Å². The molecule has 9 heteroatoms. The van der Waals surface area contributed by atoms with Crippen molar-refractivity contribution in [2.45, 2.75) is 13.3 Å². The van der Waals surface area contributed by atoms with Crippen LogP contribution in [0.4, 0.5) is 0 Å². The van der Waals surface area contributed by atoms with Gasteiger partial charge in [0, 0.05) is 29.4 Å². The summed E-state index contributed by atoms with van der Waals surface area (Å²) in [6, 6.07) is 3.27. The molecule has 1 aromatic heterocycles. The number of pyridine rings is 1. The number of hydrogen-bond donors (Lipinski definition) is 2. The summed E-state index contributed by atoms with van der Waals surface area (Å²) < 4.78 is 0. The highest BCUT2D eigenvalue weighted by molar-refractivity contribution is 7.84. The molecular formula is C12H14N4O4S. The molecule has 1 heterocycles. The molecule has 1 N–H and O–H groups in total. The van der Waals surface area contributed by atoms with E-state index in [1.54, 1.807) is 25.3 Å². The first kappa shape index (κ1) is 16.6. The zero-order chi connectivity index (χ0) is 15.7. The van der Waals surface area contributed by atoms with Gasteiger partial charge in [-0.05, 0) is 19.1 Å². The van der Waals surface area contributed by atoms with E-state index in [0.29, 0.717) is 16.2 Å². The molecule has 0 aliphatic heterocycles. The summed E-state index contributed by atoms with van der Waals surface area (Å²) in [4.78, 5) is 34.2. The molecule has 0 spiro atoms. The second-order valence-electron chi connectivity index (χ2n) is 3.81. The summed E-state index contributed by atoms with van der Waals surface area (Å²) in [7, 11) is 0. The molecule has 0 bridgehead atoms. The molecule has 0 saturated carbocycles. The van der Waals surface area contributed by atoms with Gasteiger partial charge in [-0.2, -0.15) is 0 Å². The van der Waals surface area contributed by atoms with Crippen molar-refractivity contribution in [2.75, 3.05) is 6.61 Å². The van der Waals surface area contributed by atoms with Gasteiger partial charge < -0.3 is 10.2 Å². The molecule has 1 rings (SSSR count). The van der Waals surface area contributed by atoms with Gasteiger partial charge in [0.1, 0.15) is 6.61 Å². The second-order valence-corrected chi connectivity index (χ2v) is 4.35. The van der Waals surface area contributed by atoms with Crippen LogP contribution in [0.15, 0.2) is 40.1 Å². The van der Waals surface area contributed by atoms with Crippen LogP contribution in [0.3, 0.4) is 0 Å². The van der Waals surface area contributed by atoms with Crippen molar-refractivity contribution < 1.29 is 14.7 Å². The molecule has 0 saturated heterocycles. The van der Waals surface area contributed by atoms with Gasteiger partial charge in [0.05, 0.1) is 11.9 Å². The van der Waals surface area contributed by atoms with E-state index in [4.69, 9.17) is 0 Å². The maximum Gasteiger partial charge on any atom is 0.294 e. The Morgan fingerprint density at radius 2 is 2.43 bits per heavy atom. The third kappa shape index (κ3) is 6.52. The molecule has 0 atom stereocenters. The lowest BCUT2D eigenvalue weighted by Gasteiger charge is -2.02. The van der Waals surface area contributed by atoms with Gasteiger partial charge in [-0.25, -0.2) is 4.99 Å². The second kappa shape index (κ2) is 8.69.